The molecule has 0 aliphatic rings. The highest BCUT2D eigenvalue weighted by atomic mass is 32.1. The van der Waals surface area contributed by atoms with Gasteiger partial charge in [0.2, 0.25) is 0 Å². The van der Waals surface area contributed by atoms with Gasteiger partial charge in [0.05, 0.1) is 22.7 Å². The van der Waals surface area contributed by atoms with Crippen molar-refractivity contribution < 1.29 is 0 Å². The molecule has 0 aliphatic carbocycles. The highest BCUT2D eigenvalue weighted by molar-refractivity contribution is 7.28. The average Bonchev–Trinajstić information content (AvgIpc) is 3.83. The molecule has 270 valence electrons. The maximum absolute atomic E-state index is 2.52. The van der Waals surface area contributed by atoms with Crippen molar-refractivity contribution in [2.45, 2.75) is 83.1 Å². The molecule has 3 aromatic heterocycles. The van der Waals surface area contributed by atoms with E-state index in [-0.39, 0.29) is 0 Å². The van der Waals surface area contributed by atoms with E-state index in [0.717, 1.165) is 0 Å². The number of hydrogen-bond donors (Lipinski definition) is 0. The second kappa shape index (κ2) is 14.4. The third-order valence-electron chi connectivity index (χ3n) is 10.2. The summed E-state index contributed by atoms with van der Waals surface area (Å²) in [7, 11) is 0. The van der Waals surface area contributed by atoms with Crippen LogP contribution in [-0.4, -0.2) is 0 Å². The second-order valence-electron chi connectivity index (χ2n) is 15.1. The quantitative estimate of drug-likeness (QED) is 0.153. The highest BCUT2D eigenvalue weighted by Gasteiger charge is 2.25. The Morgan fingerprint density at radius 1 is 0.283 bits per heavy atom. The van der Waals surface area contributed by atoms with Crippen LogP contribution in [0.1, 0.15) is 66.8 Å². The van der Waals surface area contributed by atoms with E-state index >= 15 is 0 Å². The lowest BCUT2D eigenvalue weighted by Gasteiger charge is -2.30. The Morgan fingerprint density at radius 3 is 0.736 bits per heavy atom. The molecule has 2 nitrogen and oxygen atoms in total. The van der Waals surface area contributed by atoms with Crippen molar-refractivity contribution in [3.63, 3.8) is 0 Å². The van der Waals surface area contributed by atoms with Crippen LogP contribution in [-0.2, 0) is 0 Å². The first-order valence-electron chi connectivity index (χ1n) is 18.4. The van der Waals surface area contributed by atoms with Crippen molar-refractivity contribution in [1.29, 1.82) is 0 Å². The van der Waals surface area contributed by atoms with Crippen molar-refractivity contribution >= 4 is 66.8 Å². The molecule has 0 N–H and O–H groups in total. The van der Waals surface area contributed by atoms with E-state index in [2.05, 4.69) is 178 Å². The summed E-state index contributed by atoms with van der Waals surface area (Å²) in [5.41, 5.74) is 20.7. The number of hydrogen-bond acceptors (Lipinski definition) is 5. The molecule has 0 atom stereocenters. The Morgan fingerprint density at radius 2 is 0.491 bits per heavy atom. The Labute approximate surface area is 329 Å². The number of thiophene rings is 3. The number of aryl methyl sites for hydroxylation is 12. The number of benzene rings is 4. The molecular formula is C48H50N2S3. The van der Waals surface area contributed by atoms with Gasteiger partial charge in [0.1, 0.15) is 10.0 Å². The van der Waals surface area contributed by atoms with Crippen LogP contribution in [0.5, 0.6) is 0 Å². The minimum Gasteiger partial charge on any atom is -0.301 e. The van der Waals surface area contributed by atoms with Crippen LogP contribution >= 0.6 is 34.0 Å². The van der Waals surface area contributed by atoms with Gasteiger partial charge in [0.25, 0.3) is 0 Å². The van der Waals surface area contributed by atoms with Crippen molar-refractivity contribution in [2.75, 3.05) is 9.80 Å². The SMILES string of the molecule is Cc1cc(C)c(N(c2ccc(-c3ccc(-c4ccc(N(c5c(C)cc(C)cc5C)c5c(C)cc(C)cc5C)s4)s3)s2)c2c(C)cc(C)cc2C)c(C)c1. The highest BCUT2D eigenvalue weighted by Crippen LogP contribution is 2.50. The molecule has 0 aliphatic heterocycles. The summed E-state index contributed by atoms with van der Waals surface area (Å²) >= 11 is 5.65. The van der Waals surface area contributed by atoms with E-state index in [4.69, 9.17) is 0 Å². The van der Waals surface area contributed by atoms with E-state index in [1.165, 1.54) is 119 Å². The van der Waals surface area contributed by atoms with Crippen molar-refractivity contribution in [2.24, 2.45) is 0 Å². The minimum atomic E-state index is 1.24. The smallest absolute Gasteiger partial charge is 0.101 e. The second-order valence-corrected chi connectivity index (χ2v) is 18.3. The van der Waals surface area contributed by atoms with Gasteiger partial charge in [-0.25, -0.2) is 0 Å². The molecule has 0 bridgehead atoms. The van der Waals surface area contributed by atoms with Crippen LogP contribution in [0.25, 0.3) is 19.5 Å². The summed E-state index contributed by atoms with van der Waals surface area (Å²) in [6.07, 6.45) is 0. The van der Waals surface area contributed by atoms with Gasteiger partial charge >= 0.3 is 0 Å². The zero-order chi connectivity index (χ0) is 37.9. The Balaban J connectivity index is 1.28. The number of nitrogens with zero attached hydrogens (tertiary/aromatic N) is 2. The van der Waals surface area contributed by atoms with Crippen molar-refractivity contribution in [3.05, 3.63) is 152 Å². The Hall–Kier alpha value is -4.42. The van der Waals surface area contributed by atoms with Gasteiger partial charge in [-0.1, -0.05) is 70.8 Å². The molecule has 5 heteroatoms. The topological polar surface area (TPSA) is 6.48 Å². The standard InChI is InChI=1S/C48H50N2S3/c1-27-19-31(5)45(32(6)20-27)49(46-33(7)21-28(2)22-34(46)8)43-17-15-41(52-43)39-13-14-40(51-39)42-16-18-44(53-42)50(47-35(9)23-29(3)24-36(47)10)48-37(11)25-30(4)26-38(48)12/h13-26H,1-12H3. The van der Waals surface area contributed by atoms with Gasteiger partial charge < -0.3 is 9.80 Å². The van der Waals surface area contributed by atoms with E-state index in [1.807, 2.05) is 34.0 Å². The minimum absolute atomic E-state index is 1.24. The lowest BCUT2D eigenvalue weighted by Crippen LogP contribution is -2.14. The van der Waals surface area contributed by atoms with Gasteiger partial charge in [0.15, 0.2) is 0 Å². The first-order valence-corrected chi connectivity index (χ1v) is 20.9. The van der Waals surface area contributed by atoms with E-state index in [1.54, 1.807) is 0 Å². The summed E-state index contributed by atoms with van der Waals surface area (Å²) in [5, 5.41) is 2.48. The van der Waals surface area contributed by atoms with Crippen LogP contribution in [0.15, 0.2) is 84.9 Å². The summed E-state index contributed by atoms with van der Waals surface area (Å²) in [4.78, 5) is 10.2. The Kier molecular flexibility index (Phi) is 10.1. The van der Waals surface area contributed by atoms with Gasteiger partial charge in [-0.15, -0.1) is 34.0 Å². The first kappa shape index (κ1) is 36.9. The average molecular weight is 751 g/mol. The van der Waals surface area contributed by atoms with Gasteiger partial charge in [-0.3, -0.25) is 0 Å². The molecule has 0 saturated carbocycles. The molecule has 4 aromatic carbocycles. The van der Waals surface area contributed by atoms with Crippen molar-refractivity contribution in [1.82, 2.24) is 0 Å². The summed E-state index contributed by atoms with van der Waals surface area (Å²) < 4.78 is 0. The Bertz CT molecular complexity index is 2130. The van der Waals surface area contributed by atoms with Gasteiger partial charge in [-0.05, 0) is 164 Å². The maximum Gasteiger partial charge on any atom is 0.101 e. The molecular weight excluding hydrogens is 701 g/mol. The van der Waals surface area contributed by atoms with E-state index in [9.17, 15) is 0 Å². The van der Waals surface area contributed by atoms with Crippen LogP contribution in [0.4, 0.5) is 32.8 Å². The van der Waals surface area contributed by atoms with Gasteiger partial charge in [0, 0.05) is 19.5 Å². The summed E-state index contributed by atoms with van der Waals surface area (Å²) in [6.45, 7) is 26.8. The van der Waals surface area contributed by atoms with Crippen LogP contribution in [0.2, 0.25) is 0 Å². The van der Waals surface area contributed by atoms with E-state index in [0.29, 0.717) is 0 Å². The molecule has 53 heavy (non-hydrogen) atoms. The predicted molar refractivity (Wildman–Crippen MR) is 237 cm³/mol. The fourth-order valence-electron chi connectivity index (χ4n) is 8.53. The monoisotopic (exact) mass is 750 g/mol. The fourth-order valence-corrected chi connectivity index (χ4v) is 11.8. The van der Waals surface area contributed by atoms with E-state index < -0.39 is 0 Å². The lowest BCUT2D eigenvalue weighted by atomic mass is 10.00. The summed E-state index contributed by atoms with van der Waals surface area (Å²) in [6, 6.07) is 32.4. The third-order valence-corrected chi connectivity index (χ3v) is 13.8. The van der Waals surface area contributed by atoms with Crippen LogP contribution in [0.3, 0.4) is 0 Å². The zero-order valence-electron chi connectivity index (χ0n) is 33.2. The number of rotatable bonds is 8. The number of anilines is 6. The predicted octanol–water partition coefficient (Wildman–Crippen LogP) is 15.8. The molecule has 7 aromatic rings. The van der Waals surface area contributed by atoms with Crippen LogP contribution < -0.4 is 9.80 Å². The largest absolute Gasteiger partial charge is 0.301 e. The maximum atomic E-state index is 2.52. The molecule has 0 saturated heterocycles. The third kappa shape index (κ3) is 7.03. The molecule has 0 spiro atoms. The van der Waals surface area contributed by atoms with Crippen molar-refractivity contribution in [3.8, 4) is 19.5 Å². The first-order chi connectivity index (χ1) is 25.2. The molecule has 3 heterocycles. The lowest BCUT2D eigenvalue weighted by molar-refractivity contribution is 1.18. The molecule has 0 radical (unpaired) electrons. The molecule has 0 unspecified atom stereocenters. The summed E-state index contributed by atoms with van der Waals surface area (Å²) in [5.74, 6) is 0. The fraction of sp³-hybridized carbons (Fsp3) is 0.250. The normalized spacial score (nSPS) is 11.4. The van der Waals surface area contributed by atoms with Gasteiger partial charge in [-0.2, -0.15) is 0 Å². The molecule has 0 amide bonds. The zero-order valence-corrected chi connectivity index (χ0v) is 35.7. The molecule has 7 rings (SSSR count). The van der Waals surface area contributed by atoms with Crippen LogP contribution in [0, 0.1) is 83.1 Å². The molecule has 0 fully saturated rings.